The molecule has 0 aromatic heterocycles. The second-order valence-electron chi connectivity index (χ2n) is 8.24. The molecule has 3 N–H and O–H groups in total. The number of halogens is 1. The summed E-state index contributed by atoms with van der Waals surface area (Å²) in [4.78, 5) is 14.3. The SMILES string of the molecule is CCN(CCCC1CNc2ccc(F)cc21)C1COc2c(OC)ccc(C(N)=O)c2C1. The van der Waals surface area contributed by atoms with Crippen molar-refractivity contribution in [3.05, 3.63) is 52.8 Å². The number of anilines is 1. The highest BCUT2D eigenvalue weighted by Gasteiger charge is 2.30. The number of primary amides is 1. The standard InChI is InChI=1S/C24H30FN3O3/c1-3-28(10-4-5-15-13-27-21-8-6-16(25)11-19(15)21)17-12-20-18(24(26)29)7-9-22(30-2)23(20)31-14-17/h6-9,11,15,17,27H,3-5,10,12-14H2,1-2H3,(H2,26,29). The van der Waals surface area contributed by atoms with Crippen molar-refractivity contribution in [2.75, 3.05) is 38.7 Å². The second kappa shape index (κ2) is 9.14. The number of rotatable bonds is 8. The van der Waals surface area contributed by atoms with Gasteiger partial charge in [0.2, 0.25) is 5.91 Å². The molecular formula is C24H30FN3O3. The van der Waals surface area contributed by atoms with Crippen LogP contribution in [0.3, 0.4) is 0 Å². The van der Waals surface area contributed by atoms with Crippen molar-refractivity contribution < 1.29 is 18.7 Å². The molecule has 2 aliphatic heterocycles. The highest BCUT2D eigenvalue weighted by molar-refractivity contribution is 5.95. The number of nitrogens with zero attached hydrogens (tertiary/aromatic N) is 1. The molecule has 1 amide bonds. The van der Waals surface area contributed by atoms with Gasteiger partial charge in [-0.2, -0.15) is 0 Å². The van der Waals surface area contributed by atoms with Gasteiger partial charge in [-0.25, -0.2) is 4.39 Å². The van der Waals surface area contributed by atoms with Crippen molar-refractivity contribution in [3.63, 3.8) is 0 Å². The summed E-state index contributed by atoms with van der Waals surface area (Å²) in [5, 5.41) is 3.38. The minimum Gasteiger partial charge on any atom is -0.493 e. The van der Waals surface area contributed by atoms with Crippen LogP contribution in [0.15, 0.2) is 30.3 Å². The van der Waals surface area contributed by atoms with Crippen molar-refractivity contribution >= 4 is 11.6 Å². The van der Waals surface area contributed by atoms with Crippen molar-refractivity contribution in [3.8, 4) is 11.5 Å². The minimum absolute atomic E-state index is 0.161. The molecular weight excluding hydrogens is 397 g/mol. The van der Waals surface area contributed by atoms with Crippen LogP contribution in [0.1, 0.15) is 47.2 Å². The zero-order valence-electron chi connectivity index (χ0n) is 18.1. The summed E-state index contributed by atoms with van der Waals surface area (Å²) in [5.41, 5.74) is 9.04. The summed E-state index contributed by atoms with van der Waals surface area (Å²) in [5.74, 6) is 0.952. The smallest absolute Gasteiger partial charge is 0.249 e. The van der Waals surface area contributed by atoms with Crippen LogP contribution in [0.25, 0.3) is 0 Å². The maximum absolute atomic E-state index is 13.7. The third-order valence-electron chi connectivity index (χ3n) is 6.48. The number of carbonyl (C=O) groups is 1. The van der Waals surface area contributed by atoms with Gasteiger partial charge < -0.3 is 20.5 Å². The molecule has 2 atom stereocenters. The number of fused-ring (bicyclic) bond motifs is 2. The molecule has 7 heteroatoms. The Bertz CT molecular complexity index is 965. The maximum Gasteiger partial charge on any atom is 0.249 e. The van der Waals surface area contributed by atoms with Crippen LogP contribution in [0.5, 0.6) is 11.5 Å². The number of hydrogen-bond donors (Lipinski definition) is 2. The summed E-state index contributed by atoms with van der Waals surface area (Å²) in [6.45, 7) is 5.33. The van der Waals surface area contributed by atoms with Crippen LogP contribution in [-0.4, -0.2) is 50.2 Å². The maximum atomic E-state index is 13.7. The van der Waals surface area contributed by atoms with E-state index in [1.807, 2.05) is 6.07 Å². The molecule has 6 nitrogen and oxygen atoms in total. The van der Waals surface area contributed by atoms with E-state index in [4.69, 9.17) is 15.2 Å². The first-order chi connectivity index (χ1) is 15.0. The molecule has 2 heterocycles. The highest BCUT2D eigenvalue weighted by Crippen LogP contribution is 2.38. The van der Waals surface area contributed by atoms with E-state index < -0.39 is 5.91 Å². The first-order valence-electron chi connectivity index (χ1n) is 10.9. The molecule has 4 rings (SSSR count). The van der Waals surface area contributed by atoms with E-state index in [-0.39, 0.29) is 11.9 Å². The lowest BCUT2D eigenvalue weighted by Crippen LogP contribution is -2.44. The van der Waals surface area contributed by atoms with Gasteiger partial charge >= 0.3 is 0 Å². The summed E-state index contributed by atoms with van der Waals surface area (Å²) in [6, 6.07) is 8.59. The Morgan fingerprint density at radius 1 is 1.35 bits per heavy atom. The average molecular weight is 428 g/mol. The van der Waals surface area contributed by atoms with E-state index in [2.05, 4.69) is 17.1 Å². The van der Waals surface area contributed by atoms with E-state index in [1.54, 1.807) is 25.3 Å². The van der Waals surface area contributed by atoms with Crippen LogP contribution >= 0.6 is 0 Å². The first-order valence-corrected chi connectivity index (χ1v) is 10.9. The summed E-state index contributed by atoms with van der Waals surface area (Å²) < 4.78 is 25.1. The van der Waals surface area contributed by atoms with E-state index in [9.17, 15) is 9.18 Å². The molecule has 31 heavy (non-hydrogen) atoms. The van der Waals surface area contributed by atoms with Crippen molar-refractivity contribution in [2.24, 2.45) is 5.73 Å². The van der Waals surface area contributed by atoms with Crippen LogP contribution in [0, 0.1) is 5.82 Å². The van der Waals surface area contributed by atoms with E-state index in [0.717, 1.165) is 49.3 Å². The lowest BCUT2D eigenvalue weighted by molar-refractivity contribution is 0.0988. The van der Waals surface area contributed by atoms with Gasteiger partial charge in [0.25, 0.3) is 0 Å². The summed E-state index contributed by atoms with van der Waals surface area (Å²) in [7, 11) is 1.59. The molecule has 2 aromatic carbocycles. The Morgan fingerprint density at radius 3 is 2.94 bits per heavy atom. The Labute approximate surface area is 182 Å². The molecule has 0 radical (unpaired) electrons. The molecule has 166 valence electrons. The average Bonchev–Trinajstić information content (AvgIpc) is 3.17. The number of hydrogen-bond acceptors (Lipinski definition) is 5. The lowest BCUT2D eigenvalue weighted by Gasteiger charge is -2.35. The van der Waals surface area contributed by atoms with Crippen LogP contribution in [0.4, 0.5) is 10.1 Å². The zero-order valence-corrected chi connectivity index (χ0v) is 18.1. The Kier molecular flexibility index (Phi) is 6.32. The van der Waals surface area contributed by atoms with Gasteiger partial charge in [0, 0.05) is 35.3 Å². The Morgan fingerprint density at radius 2 is 2.19 bits per heavy atom. The number of likely N-dealkylation sites (N-methyl/N-ethyl adjacent to an activating group) is 1. The van der Waals surface area contributed by atoms with Crippen LogP contribution in [0.2, 0.25) is 0 Å². The van der Waals surface area contributed by atoms with Gasteiger partial charge in [0.05, 0.1) is 7.11 Å². The van der Waals surface area contributed by atoms with Gasteiger partial charge in [-0.3, -0.25) is 9.69 Å². The number of methoxy groups -OCH3 is 1. The Hall–Kier alpha value is -2.80. The summed E-state index contributed by atoms with van der Waals surface area (Å²) >= 11 is 0. The number of amides is 1. The van der Waals surface area contributed by atoms with Gasteiger partial charge in [0.1, 0.15) is 12.4 Å². The lowest BCUT2D eigenvalue weighted by atomic mass is 9.94. The van der Waals surface area contributed by atoms with E-state index in [1.165, 1.54) is 6.07 Å². The van der Waals surface area contributed by atoms with Crippen molar-refractivity contribution in [2.45, 2.75) is 38.1 Å². The minimum atomic E-state index is -0.453. The zero-order chi connectivity index (χ0) is 22.0. The van der Waals surface area contributed by atoms with Gasteiger partial charge in [0.15, 0.2) is 11.5 Å². The number of nitrogens with one attached hydrogen (secondary N) is 1. The molecule has 0 bridgehead atoms. The molecule has 0 aliphatic carbocycles. The van der Waals surface area contributed by atoms with E-state index in [0.29, 0.717) is 36.0 Å². The predicted octanol–water partition coefficient (Wildman–Crippen LogP) is 3.55. The monoisotopic (exact) mass is 427 g/mol. The Balaban J connectivity index is 1.41. The highest BCUT2D eigenvalue weighted by atomic mass is 19.1. The molecule has 2 aliphatic rings. The predicted molar refractivity (Wildman–Crippen MR) is 119 cm³/mol. The number of benzene rings is 2. The normalized spacial score (nSPS) is 19.4. The fourth-order valence-corrected chi connectivity index (χ4v) is 4.84. The van der Waals surface area contributed by atoms with Crippen LogP contribution in [-0.2, 0) is 6.42 Å². The van der Waals surface area contributed by atoms with Gasteiger partial charge in [-0.1, -0.05) is 6.92 Å². The molecule has 0 saturated carbocycles. The third-order valence-corrected chi connectivity index (χ3v) is 6.48. The topological polar surface area (TPSA) is 76.8 Å². The van der Waals surface area contributed by atoms with Crippen LogP contribution < -0.4 is 20.5 Å². The fraction of sp³-hybridized carbons (Fsp3) is 0.458. The quantitative estimate of drug-likeness (QED) is 0.674. The van der Waals surface area contributed by atoms with Gasteiger partial charge in [-0.05, 0) is 68.2 Å². The molecule has 2 aromatic rings. The molecule has 0 fully saturated rings. The van der Waals surface area contributed by atoms with Crippen molar-refractivity contribution in [1.29, 1.82) is 0 Å². The fourth-order valence-electron chi connectivity index (χ4n) is 4.84. The number of carbonyl (C=O) groups excluding carboxylic acids is 1. The third kappa shape index (κ3) is 4.32. The summed E-state index contributed by atoms with van der Waals surface area (Å²) in [6.07, 6.45) is 2.68. The van der Waals surface area contributed by atoms with Gasteiger partial charge in [-0.15, -0.1) is 0 Å². The number of nitrogens with two attached hydrogens (primary N) is 1. The largest absolute Gasteiger partial charge is 0.493 e. The molecule has 0 spiro atoms. The molecule has 0 saturated heterocycles. The molecule has 2 unspecified atom stereocenters. The number of ether oxygens (including phenoxy) is 2. The first kappa shape index (κ1) is 21.4. The van der Waals surface area contributed by atoms with Crippen molar-refractivity contribution in [1.82, 2.24) is 4.90 Å². The van der Waals surface area contributed by atoms with E-state index >= 15 is 0 Å². The second-order valence-corrected chi connectivity index (χ2v) is 8.24.